The summed E-state index contributed by atoms with van der Waals surface area (Å²) < 4.78 is 39.3. The van der Waals surface area contributed by atoms with E-state index in [0.717, 1.165) is 11.8 Å². The first-order chi connectivity index (χ1) is 8.40. The van der Waals surface area contributed by atoms with Gasteiger partial charge >= 0.3 is 0 Å². The second kappa shape index (κ2) is 4.41. The van der Waals surface area contributed by atoms with E-state index in [1.54, 1.807) is 13.8 Å². The Morgan fingerprint density at radius 1 is 1.33 bits per heavy atom. The predicted octanol–water partition coefficient (Wildman–Crippen LogP) is 1.97. The molecule has 18 heavy (non-hydrogen) atoms. The first-order valence-electron chi connectivity index (χ1n) is 5.20. The van der Waals surface area contributed by atoms with Gasteiger partial charge in [-0.3, -0.25) is 9.82 Å². The molecule has 0 saturated carbocycles. The summed E-state index contributed by atoms with van der Waals surface area (Å²) in [7, 11) is -3.82. The summed E-state index contributed by atoms with van der Waals surface area (Å²) in [5.41, 5.74) is 1.47. The average molecular weight is 269 g/mol. The molecule has 1 heterocycles. The van der Waals surface area contributed by atoms with Gasteiger partial charge in [0.2, 0.25) is 0 Å². The molecule has 7 heteroatoms. The van der Waals surface area contributed by atoms with Crippen molar-refractivity contribution in [3.05, 3.63) is 41.3 Å². The first kappa shape index (κ1) is 12.6. The van der Waals surface area contributed by atoms with E-state index in [1.165, 1.54) is 18.2 Å². The van der Waals surface area contributed by atoms with Crippen LogP contribution in [0.4, 0.5) is 10.2 Å². The molecule has 0 bridgehead atoms. The number of anilines is 1. The van der Waals surface area contributed by atoms with Gasteiger partial charge in [-0.25, -0.2) is 12.8 Å². The van der Waals surface area contributed by atoms with E-state index in [0.29, 0.717) is 5.56 Å². The van der Waals surface area contributed by atoms with Crippen LogP contribution in [0.15, 0.2) is 29.2 Å². The molecule has 0 aliphatic heterocycles. The van der Waals surface area contributed by atoms with Gasteiger partial charge in [0.15, 0.2) is 5.82 Å². The van der Waals surface area contributed by atoms with Crippen molar-refractivity contribution in [2.45, 2.75) is 18.7 Å². The van der Waals surface area contributed by atoms with Crippen LogP contribution in [0.1, 0.15) is 11.3 Å². The normalized spacial score (nSPS) is 11.5. The second-order valence-electron chi connectivity index (χ2n) is 3.89. The number of benzene rings is 1. The van der Waals surface area contributed by atoms with Crippen molar-refractivity contribution >= 4 is 15.8 Å². The number of nitrogens with one attached hydrogen (secondary N) is 2. The van der Waals surface area contributed by atoms with E-state index in [1.807, 2.05) is 0 Å². The monoisotopic (exact) mass is 269 g/mol. The molecule has 1 aromatic heterocycles. The van der Waals surface area contributed by atoms with Crippen LogP contribution >= 0.6 is 0 Å². The van der Waals surface area contributed by atoms with Crippen LogP contribution in [0.3, 0.4) is 0 Å². The third-order valence-electron chi connectivity index (χ3n) is 2.59. The molecular weight excluding hydrogens is 257 g/mol. The third kappa shape index (κ3) is 2.35. The summed E-state index contributed by atoms with van der Waals surface area (Å²) in [5, 5.41) is 6.51. The van der Waals surface area contributed by atoms with Crippen LogP contribution in [-0.2, 0) is 10.0 Å². The Labute approximate surface area is 104 Å². The number of H-pyrrole nitrogens is 1. The zero-order valence-corrected chi connectivity index (χ0v) is 10.7. The standard InChI is InChI=1S/C11H12FN3O2S/c1-7-8(2)13-14-11(7)15-18(16,17)10-5-3-4-9(12)6-10/h3-6H,1-2H3,(H2,13,14,15). The third-order valence-corrected chi connectivity index (χ3v) is 3.93. The molecule has 0 fully saturated rings. The minimum absolute atomic E-state index is 0.137. The number of halogens is 1. The van der Waals surface area contributed by atoms with Gasteiger partial charge in [-0.05, 0) is 32.0 Å². The predicted molar refractivity (Wildman–Crippen MR) is 65.3 cm³/mol. The molecular formula is C11H12FN3O2S. The lowest BCUT2D eigenvalue weighted by Gasteiger charge is -2.06. The minimum Gasteiger partial charge on any atom is -0.280 e. The van der Waals surface area contributed by atoms with Crippen LogP contribution in [0.5, 0.6) is 0 Å². The molecule has 96 valence electrons. The molecule has 0 saturated heterocycles. The highest BCUT2D eigenvalue weighted by Crippen LogP contribution is 2.19. The van der Waals surface area contributed by atoms with Gasteiger partial charge in [-0.15, -0.1) is 0 Å². The maximum absolute atomic E-state index is 13.0. The van der Waals surface area contributed by atoms with Crippen LogP contribution in [-0.4, -0.2) is 18.6 Å². The lowest BCUT2D eigenvalue weighted by Crippen LogP contribution is -2.14. The number of aromatic amines is 1. The molecule has 0 atom stereocenters. The summed E-state index contributed by atoms with van der Waals surface area (Å²) in [6, 6.07) is 4.80. The smallest absolute Gasteiger partial charge is 0.263 e. The number of rotatable bonds is 3. The highest BCUT2D eigenvalue weighted by atomic mass is 32.2. The van der Waals surface area contributed by atoms with Crippen LogP contribution in [0.2, 0.25) is 0 Å². The molecule has 2 N–H and O–H groups in total. The summed E-state index contributed by atoms with van der Waals surface area (Å²) in [4.78, 5) is -0.137. The van der Waals surface area contributed by atoms with Crippen molar-refractivity contribution in [2.75, 3.05) is 4.72 Å². The van der Waals surface area contributed by atoms with Crippen molar-refractivity contribution < 1.29 is 12.8 Å². The van der Waals surface area contributed by atoms with Gasteiger partial charge in [0, 0.05) is 11.3 Å². The van der Waals surface area contributed by atoms with E-state index >= 15 is 0 Å². The lowest BCUT2D eigenvalue weighted by molar-refractivity contribution is 0.595. The van der Waals surface area contributed by atoms with Gasteiger partial charge in [-0.2, -0.15) is 5.10 Å². The quantitative estimate of drug-likeness (QED) is 0.894. The van der Waals surface area contributed by atoms with Crippen LogP contribution in [0, 0.1) is 19.7 Å². The van der Waals surface area contributed by atoms with Crippen molar-refractivity contribution in [1.29, 1.82) is 0 Å². The van der Waals surface area contributed by atoms with Gasteiger partial charge in [0.05, 0.1) is 4.90 Å². The molecule has 0 aliphatic carbocycles. The Kier molecular flexibility index (Phi) is 3.08. The summed E-state index contributed by atoms with van der Waals surface area (Å²) in [6.07, 6.45) is 0. The maximum atomic E-state index is 13.0. The molecule has 0 spiro atoms. The molecule has 5 nitrogen and oxygen atoms in total. The zero-order chi connectivity index (χ0) is 13.3. The summed E-state index contributed by atoms with van der Waals surface area (Å²) >= 11 is 0. The van der Waals surface area contributed by atoms with E-state index in [-0.39, 0.29) is 10.7 Å². The van der Waals surface area contributed by atoms with Crippen molar-refractivity contribution in [2.24, 2.45) is 0 Å². The number of hydrogen-bond donors (Lipinski definition) is 2. The van der Waals surface area contributed by atoms with Gasteiger partial charge in [0.25, 0.3) is 10.0 Å². The summed E-state index contributed by atoms with van der Waals surface area (Å²) in [6.45, 7) is 3.52. The molecule has 0 amide bonds. The molecule has 2 rings (SSSR count). The fourth-order valence-corrected chi connectivity index (χ4v) is 2.50. The highest BCUT2D eigenvalue weighted by molar-refractivity contribution is 7.92. The Morgan fingerprint density at radius 3 is 2.61 bits per heavy atom. The maximum Gasteiger partial charge on any atom is 0.263 e. The van der Waals surface area contributed by atoms with Gasteiger partial charge < -0.3 is 0 Å². The molecule has 0 radical (unpaired) electrons. The number of aromatic nitrogens is 2. The molecule has 0 unspecified atom stereocenters. The molecule has 1 aromatic carbocycles. The SMILES string of the molecule is Cc1[nH]nc(NS(=O)(=O)c2cccc(F)c2)c1C. The largest absolute Gasteiger partial charge is 0.280 e. The van der Waals surface area contributed by atoms with E-state index < -0.39 is 15.8 Å². The van der Waals surface area contributed by atoms with E-state index in [4.69, 9.17) is 0 Å². The van der Waals surface area contributed by atoms with E-state index in [9.17, 15) is 12.8 Å². The number of aryl methyl sites for hydroxylation is 1. The van der Waals surface area contributed by atoms with Crippen molar-refractivity contribution in [3.8, 4) is 0 Å². The Bertz CT molecular complexity index is 679. The zero-order valence-electron chi connectivity index (χ0n) is 9.86. The topological polar surface area (TPSA) is 74.8 Å². The minimum atomic E-state index is -3.82. The van der Waals surface area contributed by atoms with Gasteiger partial charge in [-0.1, -0.05) is 6.07 Å². The van der Waals surface area contributed by atoms with E-state index in [2.05, 4.69) is 14.9 Å². The van der Waals surface area contributed by atoms with Crippen LogP contribution < -0.4 is 4.72 Å². The van der Waals surface area contributed by atoms with Crippen LogP contribution in [0.25, 0.3) is 0 Å². The Morgan fingerprint density at radius 2 is 2.06 bits per heavy atom. The van der Waals surface area contributed by atoms with Gasteiger partial charge in [0.1, 0.15) is 5.82 Å². The molecule has 2 aromatic rings. The number of hydrogen-bond acceptors (Lipinski definition) is 3. The second-order valence-corrected chi connectivity index (χ2v) is 5.57. The highest BCUT2D eigenvalue weighted by Gasteiger charge is 2.17. The summed E-state index contributed by atoms with van der Waals surface area (Å²) in [5.74, 6) is -0.385. The first-order valence-corrected chi connectivity index (χ1v) is 6.68. The van der Waals surface area contributed by atoms with Crippen molar-refractivity contribution in [3.63, 3.8) is 0 Å². The Hall–Kier alpha value is -1.89. The lowest BCUT2D eigenvalue weighted by atomic mass is 10.3. The molecule has 0 aliphatic rings. The number of sulfonamides is 1. The number of nitrogens with zero attached hydrogens (tertiary/aromatic N) is 1. The fraction of sp³-hybridized carbons (Fsp3) is 0.182. The average Bonchev–Trinajstić information content (AvgIpc) is 2.61. The van der Waals surface area contributed by atoms with Crippen molar-refractivity contribution in [1.82, 2.24) is 10.2 Å². The Balaban J connectivity index is 2.36. The fourth-order valence-electron chi connectivity index (χ4n) is 1.40.